The summed E-state index contributed by atoms with van der Waals surface area (Å²) < 4.78 is 1.41. The summed E-state index contributed by atoms with van der Waals surface area (Å²) in [4.78, 5) is 23.2. The Bertz CT molecular complexity index is 464. The number of carbonyl (C=O) groups excluding carboxylic acids is 1. The van der Waals surface area contributed by atoms with Crippen molar-refractivity contribution in [2.75, 3.05) is 19.6 Å². The van der Waals surface area contributed by atoms with Gasteiger partial charge in [-0.25, -0.2) is 0 Å². The summed E-state index contributed by atoms with van der Waals surface area (Å²) in [6, 6.07) is 4.89. The Labute approximate surface area is 113 Å². The number of hydrogen-bond acceptors (Lipinski definition) is 3. The summed E-state index contributed by atoms with van der Waals surface area (Å²) in [5.41, 5.74) is -0.144. The van der Waals surface area contributed by atoms with Crippen LogP contribution in [0.2, 0.25) is 0 Å². The molecule has 19 heavy (non-hydrogen) atoms. The third kappa shape index (κ3) is 4.52. The fourth-order valence-electron chi connectivity index (χ4n) is 2.39. The van der Waals surface area contributed by atoms with Gasteiger partial charge in [0, 0.05) is 18.8 Å². The summed E-state index contributed by atoms with van der Waals surface area (Å²) in [6.45, 7) is 2.95. The Balaban J connectivity index is 1.70. The number of hydrogen-bond donors (Lipinski definition) is 2. The van der Waals surface area contributed by atoms with Crippen molar-refractivity contribution in [3.63, 3.8) is 0 Å². The second kappa shape index (κ2) is 7.09. The van der Waals surface area contributed by atoms with Gasteiger partial charge < -0.3 is 15.2 Å². The molecule has 0 saturated carbocycles. The van der Waals surface area contributed by atoms with E-state index in [1.165, 1.54) is 23.5 Å². The van der Waals surface area contributed by atoms with E-state index in [0.29, 0.717) is 12.5 Å². The zero-order valence-corrected chi connectivity index (χ0v) is 11.1. The molecule has 0 aromatic carbocycles. The minimum atomic E-state index is -0.144. The number of nitrogens with one attached hydrogen (secondary N) is 2. The molecule has 2 rings (SSSR count). The van der Waals surface area contributed by atoms with Crippen molar-refractivity contribution in [2.24, 2.45) is 5.92 Å². The predicted molar refractivity (Wildman–Crippen MR) is 73.9 cm³/mol. The highest BCUT2D eigenvalue weighted by atomic mass is 16.2. The summed E-state index contributed by atoms with van der Waals surface area (Å²) in [7, 11) is 0. The van der Waals surface area contributed by atoms with E-state index in [0.717, 1.165) is 19.5 Å². The Hall–Kier alpha value is -1.62. The first-order valence-electron chi connectivity index (χ1n) is 6.88. The maximum absolute atomic E-state index is 11.7. The first-order valence-corrected chi connectivity index (χ1v) is 6.88. The van der Waals surface area contributed by atoms with E-state index >= 15 is 0 Å². The highest BCUT2D eigenvalue weighted by Gasteiger charge is 2.12. The summed E-state index contributed by atoms with van der Waals surface area (Å²) in [6.07, 6.45) is 5.09. The number of piperidine rings is 1. The Morgan fingerprint density at radius 1 is 1.47 bits per heavy atom. The second-order valence-corrected chi connectivity index (χ2v) is 5.02. The van der Waals surface area contributed by atoms with Gasteiger partial charge in [-0.15, -0.1) is 0 Å². The second-order valence-electron chi connectivity index (χ2n) is 5.02. The first kappa shape index (κ1) is 13.8. The highest BCUT2D eigenvalue weighted by Crippen LogP contribution is 2.12. The molecule has 1 aliphatic heterocycles. The summed E-state index contributed by atoms with van der Waals surface area (Å²) >= 11 is 0. The van der Waals surface area contributed by atoms with Gasteiger partial charge in [0.1, 0.15) is 6.54 Å². The van der Waals surface area contributed by atoms with Crippen molar-refractivity contribution < 1.29 is 4.79 Å². The maximum Gasteiger partial charge on any atom is 0.250 e. The third-order valence-corrected chi connectivity index (χ3v) is 3.49. The van der Waals surface area contributed by atoms with Crippen molar-refractivity contribution in [2.45, 2.75) is 25.8 Å². The normalized spacial score (nSPS) is 19.1. The highest BCUT2D eigenvalue weighted by molar-refractivity contribution is 5.75. The molecule has 0 aliphatic carbocycles. The molecule has 2 N–H and O–H groups in total. The molecule has 1 amide bonds. The Morgan fingerprint density at radius 3 is 3.11 bits per heavy atom. The van der Waals surface area contributed by atoms with Crippen molar-refractivity contribution >= 4 is 5.91 Å². The van der Waals surface area contributed by atoms with Gasteiger partial charge in [-0.3, -0.25) is 9.59 Å². The quantitative estimate of drug-likeness (QED) is 0.806. The number of rotatable bonds is 5. The molecule has 1 unspecified atom stereocenters. The molecule has 2 heterocycles. The lowest BCUT2D eigenvalue weighted by Gasteiger charge is -2.22. The minimum absolute atomic E-state index is 0.0998. The Morgan fingerprint density at radius 2 is 2.37 bits per heavy atom. The molecule has 1 atom stereocenters. The Kier molecular flexibility index (Phi) is 5.15. The van der Waals surface area contributed by atoms with Gasteiger partial charge in [0.25, 0.3) is 5.56 Å². The largest absolute Gasteiger partial charge is 0.355 e. The van der Waals surface area contributed by atoms with Crippen LogP contribution in [0.1, 0.15) is 19.3 Å². The molecular weight excluding hydrogens is 242 g/mol. The standard InChI is InChI=1S/C14H21N3O2/c18-13(11-17-9-2-1-5-14(17)19)16-8-6-12-4-3-7-15-10-12/h1-2,5,9,12,15H,3-4,6-8,10-11H2,(H,16,18). The van der Waals surface area contributed by atoms with E-state index in [4.69, 9.17) is 0 Å². The average Bonchev–Trinajstić information content (AvgIpc) is 2.43. The van der Waals surface area contributed by atoms with Crippen LogP contribution in [-0.2, 0) is 11.3 Å². The lowest BCUT2D eigenvalue weighted by atomic mass is 9.96. The molecule has 1 aromatic heterocycles. The van der Waals surface area contributed by atoms with Crippen molar-refractivity contribution in [1.82, 2.24) is 15.2 Å². The van der Waals surface area contributed by atoms with E-state index in [2.05, 4.69) is 10.6 Å². The van der Waals surface area contributed by atoms with Crippen molar-refractivity contribution in [1.29, 1.82) is 0 Å². The van der Waals surface area contributed by atoms with Crippen LogP contribution in [0, 0.1) is 5.92 Å². The van der Waals surface area contributed by atoms with Crippen LogP contribution in [-0.4, -0.2) is 30.1 Å². The van der Waals surface area contributed by atoms with Gasteiger partial charge in [-0.2, -0.15) is 0 Å². The average molecular weight is 263 g/mol. The van der Waals surface area contributed by atoms with E-state index in [1.54, 1.807) is 18.3 Å². The number of amides is 1. The van der Waals surface area contributed by atoms with Gasteiger partial charge in [0.15, 0.2) is 0 Å². The molecule has 5 nitrogen and oxygen atoms in total. The summed E-state index contributed by atoms with van der Waals surface area (Å²) in [5, 5.41) is 6.24. The number of nitrogens with zero attached hydrogens (tertiary/aromatic N) is 1. The molecule has 0 radical (unpaired) electrons. The lowest BCUT2D eigenvalue weighted by Crippen LogP contribution is -2.35. The molecule has 1 saturated heterocycles. The fourth-order valence-corrected chi connectivity index (χ4v) is 2.39. The fraction of sp³-hybridized carbons (Fsp3) is 0.571. The number of carbonyl (C=O) groups is 1. The zero-order chi connectivity index (χ0) is 13.5. The molecular formula is C14H21N3O2. The molecule has 5 heteroatoms. The predicted octanol–water partition coefficient (Wildman–Crippen LogP) is 0.354. The van der Waals surface area contributed by atoms with Crippen molar-refractivity contribution in [3.05, 3.63) is 34.7 Å². The lowest BCUT2D eigenvalue weighted by molar-refractivity contribution is -0.121. The van der Waals surface area contributed by atoms with Gasteiger partial charge in [-0.05, 0) is 44.3 Å². The van der Waals surface area contributed by atoms with Gasteiger partial charge >= 0.3 is 0 Å². The van der Waals surface area contributed by atoms with E-state index in [-0.39, 0.29) is 18.0 Å². The topological polar surface area (TPSA) is 63.1 Å². The van der Waals surface area contributed by atoms with Crippen LogP contribution in [0.3, 0.4) is 0 Å². The zero-order valence-electron chi connectivity index (χ0n) is 11.1. The van der Waals surface area contributed by atoms with Gasteiger partial charge in [0.05, 0.1) is 0 Å². The van der Waals surface area contributed by atoms with Crippen molar-refractivity contribution in [3.8, 4) is 0 Å². The van der Waals surface area contributed by atoms with E-state index < -0.39 is 0 Å². The molecule has 104 valence electrons. The van der Waals surface area contributed by atoms with Gasteiger partial charge in [0.2, 0.25) is 5.91 Å². The van der Waals surface area contributed by atoms with E-state index in [1.807, 2.05) is 0 Å². The van der Waals surface area contributed by atoms with Crippen LogP contribution in [0.15, 0.2) is 29.2 Å². The maximum atomic E-state index is 11.7. The monoisotopic (exact) mass is 263 g/mol. The molecule has 1 aliphatic rings. The number of pyridine rings is 1. The third-order valence-electron chi connectivity index (χ3n) is 3.49. The SMILES string of the molecule is O=C(Cn1ccccc1=O)NCCC1CCCNC1. The molecule has 0 spiro atoms. The van der Waals surface area contributed by atoms with Crippen LogP contribution >= 0.6 is 0 Å². The van der Waals surface area contributed by atoms with Crippen LogP contribution in [0.5, 0.6) is 0 Å². The van der Waals surface area contributed by atoms with Crippen LogP contribution in [0.4, 0.5) is 0 Å². The molecule has 1 fully saturated rings. The first-order chi connectivity index (χ1) is 9.25. The minimum Gasteiger partial charge on any atom is -0.355 e. The van der Waals surface area contributed by atoms with Crippen LogP contribution in [0.25, 0.3) is 0 Å². The molecule has 1 aromatic rings. The molecule has 0 bridgehead atoms. The van der Waals surface area contributed by atoms with Gasteiger partial charge in [-0.1, -0.05) is 6.07 Å². The smallest absolute Gasteiger partial charge is 0.250 e. The summed E-state index contributed by atoms with van der Waals surface area (Å²) in [5.74, 6) is 0.561. The number of aromatic nitrogens is 1. The van der Waals surface area contributed by atoms with Crippen LogP contribution < -0.4 is 16.2 Å². The van der Waals surface area contributed by atoms with E-state index in [9.17, 15) is 9.59 Å².